The fraction of sp³-hybridized carbons (Fsp3) is 0.889. The SMILES string of the molecule is O=NN(CCCl)C(=O)NC1[C@H](O)CCC[C@@H]1O. The summed E-state index contributed by atoms with van der Waals surface area (Å²) in [4.78, 5) is 21.9. The number of alkyl halides is 1. The first-order valence-corrected chi connectivity index (χ1v) is 5.97. The summed E-state index contributed by atoms with van der Waals surface area (Å²) < 4.78 is 0. The first kappa shape index (κ1) is 14.1. The molecule has 2 amide bonds. The lowest BCUT2D eigenvalue weighted by molar-refractivity contribution is 0.00422. The number of hydrogen-bond donors (Lipinski definition) is 3. The van der Waals surface area contributed by atoms with Gasteiger partial charge in [-0.25, -0.2) is 4.79 Å². The molecule has 0 aromatic heterocycles. The Labute approximate surface area is 104 Å². The van der Waals surface area contributed by atoms with Crippen LogP contribution in [-0.4, -0.2) is 51.9 Å². The summed E-state index contributed by atoms with van der Waals surface area (Å²) in [5, 5.41) is 24.8. The summed E-state index contributed by atoms with van der Waals surface area (Å²) >= 11 is 5.40. The van der Waals surface area contributed by atoms with Crippen molar-refractivity contribution >= 4 is 17.6 Å². The molecule has 0 heterocycles. The molecule has 3 atom stereocenters. The topological polar surface area (TPSA) is 102 Å². The molecule has 0 spiro atoms. The van der Waals surface area contributed by atoms with Crippen LogP contribution in [-0.2, 0) is 0 Å². The zero-order valence-corrected chi connectivity index (χ0v) is 10.0. The molecule has 0 aliphatic heterocycles. The molecular weight excluding hydrogens is 250 g/mol. The maximum atomic E-state index is 11.6. The van der Waals surface area contributed by atoms with E-state index in [1.807, 2.05) is 0 Å². The number of carbonyl (C=O) groups is 1. The molecule has 1 unspecified atom stereocenters. The highest BCUT2D eigenvalue weighted by Gasteiger charge is 2.33. The van der Waals surface area contributed by atoms with E-state index >= 15 is 0 Å². The summed E-state index contributed by atoms with van der Waals surface area (Å²) in [5.74, 6) is 0.0783. The Bertz CT molecular complexity index is 269. The quantitative estimate of drug-likeness (QED) is 0.384. The van der Waals surface area contributed by atoms with Gasteiger partial charge in [0.05, 0.1) is 30.1 Å². The normalized spacial score (nSPS) is 28.5. The van der Waals surface area contributed by atoms with E-state index in [2.05, 4.69) is 10.6 Å². The number of urea groups is 1. The van der Waals surface area contributed by atoms with Crippen molar-refractivity contribution in [2.24, 2.45) is 5.29 Å². The summed E-state index contributed by atoms with van der Waals surface area (Å²) in [6.45, 7) is -0.0181. The lowest BCUT2D eigenvalue weighted by atomic mass is 9.90. The van der Waals surface area contributed by atoms with E-state index in [4.69, 9.17) is 11.6 Å². The van der Waals surface area contributed by atoms with Crippen LogP contribution >= 0.6 is 11.6 Å². The van der Waals surface area contributed by atoms with Crippen LogP contribution in [0, 0.1) is 4.91 Å². The molecule has 8 heteroatoms. The molecule has 0 bridgehead atoms. The number of nitrogens with zero attached hydrogens (tertiary/aromatic N) is 2. The van der Waals surface area contributed by atoms with Gasteiger partial charge in [0.2, 0.25) is 0 Å². The molecule has 1 fully saturated rings. The van der Waals surface area contributed by atoms with Crippen LogP contribution < -0.4 is 5.32 Å². The molecule has 1 aliphatic carbocycles. The van der Waals surface area contributed by atoms with Crippen molar-refractivity contribution in [2.75, 3.05) is 12.4 Å². The van der Waals surface area contributed by atoms with Gasteiger partial charge in [0.15, 0.2) is 0 Å². The maximum Gasteiger partial charge on any atom is 0.340 e. The molecule has 17 heavy (non-hydrogen) atoms. The third kappa shape index (κ3) is 3.79. The van der Waals surface area contributed by atoms with E-state index in [1.165, 1.54) is 0 Å². The maximum absolute atomic E-state index is 11.6. The number of nitrogens with one attached hydrogen (secondary N) is 1. The minimum absolute atomic E-state index is 0.0181. The smallest absolute Gasteiger partial charge is 0.340 e. The highest BCUT2D eigenvalue weighted by Crippen LogP contribution is 2.19. The average molecular weight is 266 g/mol. The number of carbonyl (C=O) groups excluding carboxylic acids is 1. The van der Waals surface area contributed by atoms with E-state index in [-0.39, 0.29) is 12.4 Å². The standard InChI is InChI=1S/C9H16ClN3O4/c10-4-5-13(12-17)9(16)11-8-6(14)2-1-3-7(8)15/h6-8,14-15H,1-5H2,(H,11,16)/t6-,7+,8?. The van der Waals surface area contributed by atoms with Crippen molar-refractivity contribution < 1.29 is 15.0 Å². The summed E-state index contributed by atoms with van der Waals surface area (Å²) in [7, 11) is 0. The second-order valence-corrected chi connectivity index (χ2v) is 4.31. The minimum Gasteiger partial charge on any atom is -0.391 e. The zero-order chi connectivity index (χ0) is 12.8. The van der Waals surface area contributed by atoms with Crippen molar-refractivity contribution in [2.45, 2.75) is 37.5 Å². The van der Waals surface area contributed by atoms with Gasteiger partial charge >= 0.3 is 6.03 Å². The van der Waals surface area contributed by atoms with Crippen LogP contribution in [0.25, 0.3) is 0 Å². The van der Waals surface area contributed by atoms with Crippen molar-refractivity contribution in [3.05, 3.63) is 4.91 Å². The Balaban J connectivity index is 2.56. The predicted molar refractivity (Wildman–Crippen MR) is 61.4 cm³/mol. The Kier molecular flexibility index (Phi) is 5.60. The van der Waals surface area contributed by atoms with Gasteiger partial charge in [0.1, 0.15) is 0 Å². The van der Waals surface area contributed by atoms with Gasteiger partial charge in [-0.05, 0) is 19.3 Å². The van der Waals surface area contributed by atoms with Crippen LogP contribution in [0.5, 0.6) is 0 Å². The van der Waals surface area contributed by atoms with Crippen LogP contribution in [0.3, 0.4) is 0 Å². The molecule has 98 valence electrons. The van der Waals surface area contributed by atoms with Gasteiger partial charge in [-0.3, -0.25) is 0 Å². The van der Waals surface area contributed by atoms with E-state index < -0.39 is 24.3 Å². The summed E-state index contributed by atoms with van der Waals surface area (Å²) in [6.07, 6.45) is 0.0868. The Morgan fingerprint density at radius 3 is 2.47 bits per heavy atom. The molecule has 1 rings (SSSR count). The number of amides is 2. The fourth-order valence-electron chi connectivity index (χ4n) is 1.82. The lowest BCUT2D eigenvalue weighted by Crippen LogP contribution is -2.55. The van der Waals surface area contributed by atoms with Gasteiger partial charge < -0.3 is 15.5 Å². The number of halogens is 1. The third-order valence-electron chi connectivity index (χ3n) is 2.75. The highest BCUT2D eigenvalue weighted by atomic mass is 35.5. The number of nitroso groups, excluding NO2 is 1. The molecular formula is C9H16ClN3O4. The number of aliphatic hydroxyl groups is 2. The average Bonchev–Trinajstić information content (AvgIpc) is 2.30. The zero-order valence-electron chi connectivity index (χ0n) is 9.25. The van der Waals surface area contributed by atoms with Crippen LogP contribution in [0.15, 0.2) is 5.29 Å². The van der Waals surface area contributed by atoms with Crippen LogP contribution in [0.4, 0.5) is 4.79 Å². The minimum atomic E-state index is -0.813. The van der Waals surface area contributed by atoms with Crippen molar-refractivity contribution in [3.63, 3.8) is 0 Å². The molecule has 0 saturated heterocycles. The second-order valence-electron chi connectivity index (χ2n) is 3.93. The van der Waals surface area contributed by atoms with Gasteiger partial charge in [0, 0.05) is 5.88 Å². The van der Waals surface area contributed by atoms with E-state index in [9.17, 15) is 19.9 Å². The van der Waals surface area contributed by atoms with Gasteiger partial charge in [-0.2, -0.15) is 5.01 Å². The van der Waals surface area contributed by atoms with E-state index in [0.29, 0.717) is 24.3 Å². The van der Waals surface area contributed by atoms with Crippen LogP contribution in [0.2, 0.25) is 0 Å². The number of aliphatic hydroxyl groups excluding tert-OH is 2. The van der Waals surface area contributed by atoms with E-state index in [0.717, 1.165) is 0 Å². The second kappa shape index (κ2) is 6.73. The monoisotopic (exact) mass is 265 g/mol. The van der Waals surface area contributed by atoms with Crippen LogP contribution in [0.1, 0.15) is 19.3 Å². The van der Waals surface area contributed by atoms with Gasteiger partial charge in [-0.1, -0.05) is 0 Å². The van der Waals surface area contributed by atoms with Crippen molar-refractivity contribution in [3.8, 4) is 0 Å². The van der Waals surface area contributed by atoms with Gasteiger partial charge in [0.25, 0.3) is 0 Å². The third-order valence-corrected chi connectivity index (χ3v) is 2.92. The molecule has 0 aromatic carbocycles. The first-order valence-electron chi connectivity index (χ1n) is 5.43. The Hall–Kier alpha value is -0.920. The fourth-order valence-corrected chi connectivity index (χ4v) is 1.98. The molecule has 1 saturated carbocycles. The molecule has 0 radical (unpaired) electrons. The first-order chi connectivity index (χ1) is 8.10. The largest absolute Gasteiger partial charge is 0.391 e. The molecule has 1 aliphatic rings. The number of rotatable bonds is 4. The van der Waals surface area contributed by atoms with E-state index in [1.54, 1.807) is 0 Å². The Morgan fingerprint density at radius 1 is 1.41 bits per heavy atom. The molecule has 0 aromatic rings. The van der Waals surface area contributed by atoms with Crippen molar-refractivity contribution in [1.82, 2.24) is 10.3 Å². The van der Waals surface area contributed by atoms with Gasteiger partial charge in [-0.15, -0.1) is 16.5 Å². The van der Waals surface area contributed by atoms with Crippen molar-refractivity contribution in [1.29, 1.82) is 0 Å². The molecule has 3 N–H and O–H groups in total. The summed E-state index contributed by atoms with van der Waals surface area (Å²) in [5.41, 5.74) is 0. The lowest BCUT2D eigenvalue weighted by Gasteiger charge is -2.33. The highest BCUT2D eigenvalue weighted by molar-refractivity contribution is 6.18. The predicted octanol–water partition coefficient (Wildman–Crippen LogP) is 0.192. The summed E-state index contributed by atoms with van der Waals surface area (Å²) in [6, 6.07) is -1.53. The molecule has 7 nitrogen and oxygen atoms in total. The number of hydrogen-bond acceptors (Lipinski definition) is 5. The Morgan fingerprint density at radius 2 is 2.00 bits per heavy atom.